The van der Waals surface area contributed by atoms with Crippen LogP contribution in [0.3, 0.4) is 0 Å². The monoisotopic (exact) mass is 411 g/mol. The highest BCUT2D eigenvalue weighted by Gasteiger charge is 2.60. The van der Waals surface area contributed by atoms with E-state index in [9.17, 15) is 14.7 Å². The molecule has 8 nitrogen and oxygen atoms in total. The van der Waals surface area contributed by atoms with E-state index in [1.807, 2.05) is 6.92 Å². The fraction of sp³-hybridized carbons (Fsp3) is 0.529. The molecule has 1 fully saturated rings. The average Bonchev–Trinajstić information content (AvgIpc) is 3.13. The lowest BCUT2D eigenvalue weighted by atomic mass is 9.79. The summed E-state index contributed by atoms with van der Waals surface area (Å²) in [6.45, 7) is 8.87. The van der Waals surface area contributed by atoms with Gasteiger partial charge in [0.1, 0.15) is 12.3 Å². The Kier molecular flexibility index (Phi) is 5.97. The quantitative estimate of drug-likeness (QED) is 0.226. The van der Waals surface area contributed by atoms with Gasteiger partial charge in [0.15, 0.2) is 0 Å². The fourth-order valence-electron chi connectivity index (χ4n) is 3.39. The minimum Gasteiger partial charge on any atom is -0.457 e. The molecule has 0 aromatic carbocycles. The number of hydrogen-bond acceptors (Lipinski definition) is 9. The SMILES string of the molecule is C=CCOC(=O)C1=C(SCSc2nnc(C)o2)[C@H](C)[C@@H]2[C@@H]([C@@H](C)O)C(=O)N12. The van der Waals surface area contributed by atoms with E-state index in [2.05, 4.69) is 16.8 Å². The molecule has 1 aromatic rings. The first-order chi connectivity index (χ1) is 12.9. The predicted octanol–water partition coefficient (Wildman–Crippen LogP) is 1.96. The molecule has 0 bridgehead atoms. The Morgan fingerprint density at radius 1 is 1.48 bits per heavy atom. The molecule has 27 heavy (non-hydrogen) atoms. The molecule has 0 aliphatic carbocycles. The van der Waals surface area contributed by atoms with Gasteiger partial charge in [0.25, 0.3) is 5.22 Å². The lowest BCUT2D eigenvalue weighted by Crippen LogP contribution is -2.63. The van der Waals surface area contributed by atoms with Crippen LogP contribution in [-0.4, -0.2) is 55.9 Å². The number of fused-ring (bicyclic) bond motifs is 1. The van der Waals surface area contributed by atoms with Crippen molar-refractivity contribution >= 4 is 35.4 Å². The minimum absolute atomic E-state index is 0.0667. The van der Waals surface area contributed by atoms with E-state index < -0.39 is 18.0 Å². The normalized spacial score (nSPS) is 25.3. The molecule has 146 valence electrons. The van der Waals surface area contributed by atoms with Crippen molar-refractivity contribution in [1.82, 2.24) is 15.1 Å². The zero-order chi connectivity index (χ0) is 19.7. The Labute approximate surface area is 165 Å². The van der Waals surface area contributed by atoms with Crippen molar-refractivity contribution in [2.75, 3.05) is 11.7 Å². The number of aliphatic hydroxyl groups excluding tert-OH is 1. The van der Waals surface area contributed by atoms with E-state index in [0.29, 0.717) is 16.2 Å². The number of ether oxygens (including phenoxy) is 1. The van der Waals surface area contributed by atoms with Crippen molar-refractivity contribution in [3.8, 4) is 0 Å². The maximum atomic E-state index is 12.6. The van der Waals surface area contributed by atoms with E-state index in [1.54, 1.807) is 13.8 Å². The molecule has 2 aliphatic heterocycles. The van der Waals surface area contributed by atoms with Gasteiger partial charge < -0.3 is 19.2 Å². The third-order valence-electron chi connectivity index (χ3n) is 4.54. The minimum atomic E-state index is -0.772. The fourth-order valence-corrected chi connectivity index (χ4v) is 5.53. The van der Waals surface area contributed by atoms with Crippen LogP contribution in [0.25, 0.3) is 0 Å². The predicted molar refractivity (Wildman–Crippen MR) is 101 cm³/mol. The van der Waals surface area contributed by atoms with Crippen molar-refractivity contribution in [1.29, 1.82) is 0 Å². The van der Waals surface area contributed by atoms with Crippen LogP contribution in [0.5, 0.6) is 0 Å². The molecule has 1 N–H and O–H groups in total. The first-order valence-corrected chi connectivity index (χ1v) is 10.4. The number of aromatic nitrogens is 2. The van der Waals surface area contributed by atoms with Gasteiger partial charge in [-0.2, -0.15) is 0 Å². The Morgan fingerprint density at radius 2 is 2.22 bits per heavy atom. The molecule has 2 aliphatic rings. The third kappa shape index (κ3) is 3.65. The molecule has 0 unspecified atom stereocenters. The van der Waals surface area contributed by atoms with Gasteiger partial charge in [-0.1, -0.05) is 31.3 Å². The smallest absolute Gasteiger partial charge is 0.356 e. The van der Waals surface area contributed by atoms with Crippen molar-refractivity contribution < 1.29 is 23.8 Å². The van der Waals surface area contributed by atoms with Crippen LogP contribution >= 0.6 is 23.5 Å². The summed E-state index contributed by atoms with van der Waals surface area (Å²) >= 11 is 2.80. The van der Waals surface area contributed by atoms with Gasteiger partial charge in [-0.3, -0.25) is 4.79 Å². The van der Waals surface area contributed by atoms with Gasteiger partial charge in [0, 0.05) is 17.7 Å². The number of aryl methyl sites for hydroxylation is 1. The maximum Gasteiger partial charge on any atom is 0.356 e. The van der Waals surface area contributed by atoms with Gasteiger partial charge >= 0.3 is 5.97 Å². The van der Waals surface area contributed by atoms with Crippen LogP contribution in [0.15, 0.2) is 32.9 Å². The molecule has 4 atom stereocenters. The third-order valence-corrected chi connectivity index (χ3v) is 6.77. The lowest BCUT2D eigenvalue weighted by Gasteiger charge is -2.46. The van der Waals surface area contributed by atoms with Crippen LogP contribution in [0, 0.1) is 18.8 Å². The van der Waals surface area contributed by atoms with Crippen molar-refractivity contribution in [2.24, 2.45) is 11.8 Å². The zero-order valence-electron chi connectivity index (χ0n) is 15.2. The number of amides is 1. The van der Waals surface area contributed by atoms with Gasteiger partial charge in [-0.25, -0.2) is 4.79 Å². The van der Waals surface area contributed by atoms with Gasteiger partial charge in [0.2, 0.25) is 11.8 Å². The van der Waals surface area contributed by atoms with Gasteiger partial charge in [-0.15, -0.1) is 22.0 Å². The van der Waals surface area contributed by atoms with E-state index in [1.165, 1.54) is 34.5 Å². The zero-order valence-corrected chi connectivity index (χ0v) is 16.9. The summed E-state index contributed by atoms with van der Waals surface area (Å²) in [6, 6.07) is -0.234. The molecule has 3 heterocycles. The Bertz CT molecular complexity index is 791. The van der Waals surface area contributed by atoms with E-state index in [4.69, 9.17) is 9.15 Å². The molecule has 0 radical (unpaired) electrons. The summed E-state index contributed by atoms with van der Waals surface area (Å²) in [5.74, 6) is -0.903. The molecule has 0 saturated carbocycles. The number of carbonyl (C=O) groups is 2. The molecular weight excluding hydrogens is 390 g/mol. The second-order valence-electron chi connectivity index (χ2n) is 6.35. The van der Waals surface area contributed by atoms with Crippen molar-refractivity contribution in [3.05, 3.63) is 29.1 Å². The molecule has 0 spiro atoms. The van der Waals surface area contributed by atoms with Crippen LogP contribution in [0.1, 0.15) is 19.7 Å². The van der Waals surface area contributed by atoms with Crippen molar-refractivity contribution in [2.45, 2.75) is 38.1 Å². The number of rotatable bonds is 8. The van der Waals surface area contributed by atoms with E-state index in [0.717, 1.165) is 4.91 Å². The van der Waals surface area contributed by atoms with Crippen LogP contribution in [-0.2, 0) is 14.3 Å². The summed E-state index contributed by atoms with van der Waals surface area (Å²) < 4.78 is 10.5. The second kappa shape index (κ2) is 8.07. The van der Waals surface area contributed by atoms with Gasteiger partial charge in [0.05, 0.1) is 23.1 Å². The highest BCUT2D eigenvalue weighted by molar-refractivity contribution is 8.17. The Hall–Kier alpha value is -1.78. The summed E-state index contributed by atoms with van der Waals surface area (Å²) in [5.41, 5.74) is 0.267. The standard InChI is InChI=1S/C17H21N3O5S2/c1-5-6-24-16(23)13-14(26-7-27-17-19-18-10(4)25-17)8(2)12-11(9(3)21)15(22)20(12)13/h5,8-9,11-12,21H,1,6-7H2,2-4H3/t8-,9-,11-,12-/m1/s1. The van der Waals surface area contributed by atoms with E-state index in [-0.39, 0.29) is 30.2 Å². The number of hydrogen-bond donors (Lipinski definition) is 1. The van der Waals surface area contributed by atoms with Crippen molar-refractivity contribution in [3.63, 3.8) is 0 Å². The molecular formula is C17H21N3O5S2. The molecule has 1 saturated heterocycles. The number of esters is 1. The van der Waals surface area contributed by atoms with Crippen LogP contribution < -0.4 is 0 Å². The highest BCUT2D eigenvalue weighted by atomic mass is 32.2. The molecule has 1 amide bonds. The molecule has 1 aromatic heterocycles. The second-order valence-corrected chi connectivity index (χ2v) is 8.66. The summed E-state index contributed by atoms with van der Waals surface area (Å²) in [4.78, 5) is 27.3. The summed E-state index contributed by atoms with van der Waals surface area (Å²) in [5, 5.41) is 18.6. The summed E-state index contributed by atoms with van der Waals surface area (Å²) in [7, 11) is 0. The summed E-state index contributed by atoms with van der Waals surface area (Å²) in [6.07, 6.45) is 0.706. The maximum absolute atomic E-state index is 12.6. The van der Waals surface area contributed by atoms with Crippen LogP contribution in [0.4, 0.5) is 0 Å². The number of β-lactam (4-membered cyclic amide) rings is 1. The number of aliphatic hydroxyl groups is 1. The number of carbonyl (C=O) groups excluding carboxylic acids is 2. The first-order valence-electron chi connectivity index (χ1n) is 8.45. The Balaban J connectivity index is 1.79. The lowest BCUT2D eigenvalue weighted by molar-refractivity contribution is -0.164. The molecule has 3 rings (SSSR count). The largest absolute Gasteiger partial charge is 0.457 e. The number of thioether (sulfide) groups is 2. The highest BCUT2D eigenvalue weighted by Crippen LogP contribution is 2.51. The molecule has 10 heteroatoms. The van der Waals surface area contributed by atoms with Gasteiger partial charge in [-0.05, 0) is 6.92 Å². The number of nitrogens with zero attached hydrogens (tertiary/aromatic N) is 3. The Morgan fingerprint density at radius 3 is 2.81 bits per heavy atom. The first kappa shape index (κ1) is 20.0. The van der Waals surface area contributed by atoms with E-state index >= 15 is 0 Å². The topological polar surface area (TPSA) is 106 Å². The average molecular weight is 412 g/mol. The van der Waals surface area contributed by atoms with Crippen LogP contribution in [0.2, 0.25) is 0 Å².